The molecule has 1 unspecified atom stereocenters. The van der Waals surface area contributed by atoms with E-state index in [0.717, 1.165) is 48.1 Å². The smallest absolute Gasteiger partial charge is 0.169 e. The van der Waals surface area contributed by atoms with Crippen LogP contribution >= 0.6 is 0 Å². The van der Waals surface area contributed by atoms with Gasteiger partial charge in [0.05, 0.1) is 12.1 Å². The summed E-state index contributed by atoms with van der Waals surface area (Å²) in [5.74, 6) is 1.36. The van der Waals surface area contributed by atoms with Crippen molar-refractivity contribution in [2.75, 3.05) is 27.2 Å². The molecule has 4 rings (SSSR count). The number of carbonyl (C=O) groups excluding carboxylic acids is 1. The van der Waals surface area contributed by atoms with Crippen molar-refractivity contribution in [1.29, 1.82) is 0 Å². The Labute approximate surface area is 124 Å². The summed E-state index contributed by atoms with van der Waals surface area (Å²) < 4.78 is 8.07. The highest BCUT2D eigenvalue weighted by Gasteiger charge is 2.34. The Hall–Kier alpha value is -1.81. The van der Waals surface area contributed by atoms with Crippen LogP contribution in [0.3, 0.4) is 0 Å². The van der Waals surface area contributed by atoms with Crippen molar-refractivity contribution in [3.63, 3.8) is 0 Å². The summed E-state index contributed by atoms with van der Waals surface area (Å²) in [6.07, 6.45) is 1.95. The summed E-state index contributed by atoms with van der Waals surface area (Å²) in [6, 6.07) is 6.07. The summed E-state index contributed by atoms with van der Waals surface area (Å²) >= 11 is 0. The number of carbonyl (C=O) groups is 1. The number of hydrogen-bond donors (Lipinski definition) is 0. The van der Waals surface area contributed by atoms with Crippen molar-refractivity contribution in [2.45, 2.75) is 19.4 Å². The van der Waals surface area contributed by atoms with E-state index in [2.05, 4.69) is 15.5 Å². The van der Waals surface area contributed by atoms with E-state index in [0.29, 0.717) is 12.4 Å². The van der Waals surface area contributed by atoms with Crippen molar-refractivity contribution in [2.24, 2.45) is 5.92 Å². The molecule has 1 aromatic heterocycles. The number of benzene rings is 1. The van der Waals surface area contributed by atoms with Crippen molar-refractivity contribution in [3.8, 4) is 5.75 Å². The summed E-state index contributed by atoms with van der Waals surface area (Å²) in [6.45, 7) is 2.39. The lowest BCUT2D eigenvalue weighted by Gasteiger charge is -2.25. The topological polar surface area (TPSA) is 34.5 Å². The van der Waals surface area contributed by atoms with E-state index in [1.165, 1.54) is 5.69 Å². The number of para-hydroxylation sites is 1. The van der Waals surface area contributed by atoms with E-state index in [9.17, 15) is 4.79 Å². The first kappa shape index (κ1) is 12.9. The fraction of sp³-hybridized carbons (Fsp3) is 0.471. The van der Waals surface area contributed by atoms with Crippen molar-refractivity contribution < 1.29 is 9.53 Å². The fourth-order valence-electron chi connectivity index (χ4n) is 3.83. The maximum atomic E-state index is 12.9. The van der Waals surface area contributed by atoms with E-state index in [1.807, 2.05) is 26.2 Å². The summed E-state index contributed by atoms with van der Waals surface area (Å²) in [5, 5.41) is 1.08. The summed E-state index contributed by atoms with van der Waals surface area (Å²) in [7, 11) is 4.07. The molecular weight excluding hydrogens is 264 g/mol. The third kappa shape index (κ3) is 1.82. The van der Waals surface area contributed by atoms with Crippen LogP contribution < -0.4 is 4.74 Å². The molecule has 21 heavy (non-hydrogen) atoms. The lowest BCUT2D eigenvalue weighted by Crippen LogP contribution is -2.32. The SMILES string of the molecule is CN(C)CC1CCc2c(c3cccc4c3n2CCO4)C1=O. The molecule has 0 amide bonds. The molecule has 1 aromatic carbocycles. The molecule has 0 N–H and O–H groups in total. The largest absolute Gasteiger partial charge is 0.490 e. The fourth-order valence-corrected chi connectivity index (χ4v) is 3.83. The van der Waals surface area contributed by atoms with Crippen LogP contribution in [0.5, 0.6) is 5.75 Å². The summed E-state index contributed by atoms with van der Waals surface area (Å²) in [5.41, 5.74) is 3.30. The standard InChI is InChI=1S/C17H20N2O2/c1-18(2)10-11-6-7-13-15(17(11)20)12-4-3-5-14-16(12)19(13)8-9-21-14/h3-5,11H,6-10H2,1-2H3. The van der Waals surface area contributed by atoms with Gasteiger partial charge >= 0.3 is 0 Å². The first-order chi connectivity index (χ1) is 10.2. The minimum Gasteiger partial charge on any atom is -0.490 e. The highest BCUT2D eigenvalue weighted by atomic mass is 16.5. The Morgan fingerprint density at radius 3 is 3.05 bits per heavy atom. The molecule has 0 fully saturated rings. The van der Waals surface area contributed by atoms with Gasteiger partial charge in [0, 0.05) is 29.1 Å². The number of aromatic nitrogens is 1. The molecule has 0 saturated heterocycles. The average Bonchev–Trinajstić information content (AvgIpc) is 2.79. The number of nitrogens with zero attached hydrogens (tertiary/aromatic N) is 2. The zero-order valence-electron chi connectivity index (χ0n) is 12.6. The van der Waals surface area contributed by atoms with Crippen LogP contribution in [-0.2, 0) is 13.0 Å². The van der Waals surface area contributed by atoms with Gasteiger partial charge in [-0.2, -0.15) is 0 Å². The van der Waals surface area contributed by atoms with E-state index >= 15 is 0 Å². The predicted octanol–water partition coefficient (Wildman–Crippen LogP) is 2.34. The molecule has 0 spiro atoms. The maximum absolute atomic E-state index is 12.9. The van der Waals surface area contributed by atoms with Gasteiger partial charge in [-0.05, 0) is 33.0 Å². The molecule has 0 bridgehead atoms. The average molecular weight is 284 g/mol. The Kier molecular flexibility index (Phi) is 2.82. The van der Waals surface area contributed by atoms with E-state index in [-0.39, 0.29) is 5.92 Å². The van der Waals surface area contributed by atoms with E-state index in [4.69, 9.17) is 4.74 Å². The Balaban J connectivity index is 1.91. The molecule has 2 aliphatic rings. The minimum absolute atomic E-state index is 0.122. The van der Waals surface area contributed by atoms with Gasteiger partial charge in [-0.1, -0.05) is 12.1 Å². The van der Waals surface area contributed by atoms with Crippen LogP contribution in [0, 0.1) is 5.92 Å². The number of rotatable bonds is 2. The molecule has 2 heterocycles. The molecule has 2 aromatic rings. The predicted molar refractivity (Wildman–Crippen MR) is 82.1 cm³/mol. The maximum Gasteiger partial charge on any atom is 0.169 e. The van der Waals surface area contributed by atoms with Crippen LogP contribution in [0.1, 0.15) is 22.5 Å². The van der Waals surface area contributed by atoms with Gasteiger partial charge in [-0.15, -0.1) is 0 Å². The van der Waals surface area contributed by atoms with Gasteiger partial charge in [-0.3, -0.25) is 4.79 Å². The molecule has 4 nitrogen and oxygen atoms in total. The number of ether oxygens (including phenoxy) is 1. The second kappa shape index (κ2) is 4.60. The zero-order valence-corrected chi connectivity index (χ0v) is 12.6. The molecular formula is C17H20N2O2. The van der Waals surface area contributed by atoms with Crippen LogP contribution in [0.15, 0.2) is 18.2 Å². The van der Waals surface area contributed by atoms with Gasteiger partial charge < -0.3 is 14.2 Å². The molecule has 0 saturated carbocycles. The Bertz CT molecular complexity index is 730. The van der Waals surface area contributed by atoms with Gasteiger partial charge in [0.25, 0.3) is 0 Å². The molecule has 1 aliphatic heterocycles. The highest BCUT2D eigenvalue weighted by molar-refractivity contribution is 6.12. The number of ketones is 1. The minimum atomic E-state index is 0.122. The molecule has 4 heteroatoms. The van der Waals surface area contributed by atoms with E-state index in [1.54, 1.807) is 0 Å². The highest BCUT2D eigenvalue weighted by Crippen LogP contribution is 2.39. The van der Waals surface area contributed by atoms with Crippen molar-refractivity contribution >= 4 is 16.7 Å². The van der Waals surface area contributed by atoms with Gasteiger partial charge in [0.1, 0.15) is 12.4 Å². The number of hydrogen-bond acceptors (Lipinski definition) is 3. The van der Waals surface area contributed by atoms with Crippen molar-refractivity contribution in [1.82, 2.24) is 9.47 Å². The lowest BCUT2D eigenvalue weighted by molar-refractivity contribution is 0.0877. The molecule has 1 atom stereocenters. The first-order valence-corrected chi connectivity index (χ1v) is 7.62. The quantitative estimate of drug-likeness (QED) is 0.849. The molecule has 0 radical (unpaired) electrons. The van der Waals surface area contributed by atoms with Crippen molar-refractivity contribution in [3.05, 3.63) is 29.5 Å². The zero-order chi connectivity index (χ0) is 14.6. The van der Waals surface area contributed by atoms with E-state index < -0.39 is 0 Å². The lowest BCUT2D eigenvalue weighted by atomic mass is 9.84. The Morgan fingerprint density at radius 1 is 1.38 bits per heavy atom. The van der Waals surface area contributed by atoms with Crippen LogP contribution in [0.4, 0.5) is 0 Å². The Morgan fingerprint density at radius 2 is 2.24 bits per heavy atom. The third-order valence-electron chi connectivity index (χ3n) is 4.66. The normalized spacial score (nSPS) is 20.7. The van der Waals surface area contributed by atoms with Crippen LogP contribution in [0.2, 0.25) is 0 Å². The third-order valence-corrected chi connectivity index (χ3v) is 4.66. The first-order valence-electron chi connectivity index (χ1n) is 7.62. The van der Waals surface area contributed by atoms with Gasteiger partial charge in [-0.25, -0.2) is 0 Å². The van der Waals surface area contributed by atoms with Gasteiger partial charge in [0.15, 0.2) is 5.78 Å². The summed E-state index contributed by atoms with van der Waals surface area (Å²) in [4.78, 5) is 15.1. The van der Waals surface area contributed by atoms with Crippen LogP contribution in [-0.4, -0.2) is 42.5 Å². The van der Waals surface area contributed by atoms with Crippen LogP contribution in [0.25, 0.3) is 10.9 Å². The second-order valence-electron chi connectivity index (χ2n) is 6.34. The molecule has 110 valence electrons. The monoisotopic (exact) mass is 284 g/mol. The number of fused-ring (bicyclic) bond motifs is 3. The molecule has 1 aliphatic carbocycles. The number of Topliss-reactive ketones (excluding diaryl/α,β-unsaturated/α-hetero) is 1. The second-order valence-corrected chi connectivity index (χ2v) is 6.34. The van der Waals surface area contributed by atoms with Gasteiger partial charge in [0.2, 0.25) is 0 Å².